The lowest BCUT2D eigenvalue weighted by atomic mass is 10.2. The van der Waals surface area contributed by atoms with Gasteiger partial charge in [-0.2, -0.15) is 0 Å². The van der Waals surface area contributed by atoms with Gasteiger partial charge in [-0.1, -0.05) is 47.3 Å². The maximum atomic E-state index is 5.02. The first-order chi connectivity index (χ1) is 7.78. The summed E-state index contributed by atoms with van der Waals surface area (Å²) in [7, 11) is 3.23. The van der Waals surface area contributed by atoms with Crippen molar-refractivity contribution in [1.82, 2.24) is 5.32 Å². The molecule has 0 saturated carbocycles. The minimum absolute atomic E-state index is 0.204. The van der Waals surface area contributed by atoms with Crippen LogP contribution in [0.3, 0.4) is 0 Å². The largest absolute Gasteiger partial charge is 0.355 e. The molecule has 3 nitrogen and oxygen atoms in total. The van der Waals surface area contributed by atoms with E-state index in [0.717, 1.165) is 12.1 Å². The minimum Gasteiger partial charge on any atom is -0.355 e. The number of methoxy groups -OCH3 is 2. The average Bonchev–Trinajstić information content (AvgIpc) is 2.35. The summed E-state index contributed by atoms with van der Waals surface area (Å²) in [4.78, 5) is 0. The number of allylic oxidation sites excluding steroid dienone is 2. The molecule has 0 fully saturated rings. The Kier molecular flexibility index (Phi) is 16.4. The highest BCUT2D eigenvalue weighted by Crippen LogP contribution is 1.94. The summed E-state index contributed by atoms with van der Waals surface area (Å²) in [6.45, 7) is 8.70. The summed E-state index contributed by atoms with van der Waals surface area (Å²) in [5, 5.41) is 3.19. The first kappa shape index (κ1) is 18.0. The van der Waals surface area contributed by atoms with E-state index in [1.807, 2.05) is 11.9 Å². The molecular formula is C12H22BrNO2. The molecule has 0 aromatic heterocycles. The predicted octanol–water partition coefficient (Wildman–Crippen LogP) is 2.50. The molecule has 0 aromatic carbocycles. The second kappa shape index (κ2) is 14.6. The van der Waals surface area contributed by atoms with Crippen LogP contribution in [0.4, 0.5) is 0 Å². The number of halogens is 1. The Bertz CT molecular complexity index is 201. The summed E-state index contributed by atoms with van der Waals surface area (Å²) < 4.78 is 10.0. The third-order valence-electron chi connectivity index (χ3n) is 1.76. The zero-order chi connectivity index (χ0) is 12.8. The molecule has 0 spiro atoms. The number of hydrogen-bond acceptors (Lipinski definition) is 3. The molecule has 0 bridgehead atoms. The zero-order valence-electron chi connectivity index (χ0n) is 10.3. The topological polar surface area (TPSA) is 30.5 Å². The van der Waals surface area contributed by atoms with Crippen LogP contribution in [-0.2, 0) is 9.47 Å². The molecule has 4 heteroatoms. The Morgan fingerprint density at radius 2 is 1.88 bits per heavy atom. The van der Waals surface area contributed by atoms with E-state index in [1.54, 1.807) is 26.4 Å². The second-order valence-corrected chi connectivity index (χ2v) is 2.71. The summed E-state index contributed by atoms with van der Waals surface area (Å²) in [6.07, 6.45) is 5.24. The summed E-state index contributed by atoms with van der Waals surface area (Å²) >= 11 is 2.94. The van der Waals surface area contributed by atoms with Gasteiger partial charge in [0.2, 0.25) is 0 Å². The highest BCUT2D eigenvalue weighted by molar-refractivity contribution is 9.08. The van der Waals surface area contributed by atoms with E-state index in [4.69, 9.17) is 9.47 Å². The Hall–Kier alpha value is -0.420. The lowest BCUT2D eigenvalue weighted by Gasteiger charge is -2.14. The van der Waals surface area contributed by atoms with Crippen molar-refractivity contribution >= 4 is 15.9 Å². The second-order valence-electron chi connectivity index (χ2n) is 2.71. The Morgan fingerprint density at radius 3 is 2.25 bits per heavy atom. The van der Waals surface area contributed by atoms with E-state index in [2.05, 4.69) is 34.4 Å². The van der Waals surface area contributed by atoms with E-state index < -0.39 is 0 Å². The van der Waals surface area contributed by atoms with Gasteiger partial charge < -0.3 is 14.8 Å². The van der Waals surface area contributed by atoms with Crippen molar-refractivity contribution in [3.8, 4) is 0 Å². The molecule has 0 atom stereocenters. The van der Waals surface area contributed by atoms with E-state index in [9.17, 15) is 0 Å². The highest BCUT2D eigenvalue weighted by atomic mass is 79.9. The molecule has 0 aromatic rings. The molecule has 0 aliphatic heterocycles. The Morgan fingerprint density at radius 1 is 1.31 bits per heavy atom. The van der Waals surface area contributed by atoms with Crippen LogP contribution in [0.5, 0.6) is 0 Å². The minimum atomic E-state index is -0.204. The zero-order valence-corrected chi connectivity index (χ0v) is 11.9. The molecule has 0 amide bonds. The Balaban J connectivity index is 0. The summed E-state index contributed by atoms with van der Waals surface area (Å²) in [5.41, 5.74) is 1.09. The molecule has 94 valence electrons. The number of ether oxygens (including phenoxy) is 2. The lowest BCUT2D eigenvalue weighted by Crippen LogP contribution is -2.30. The maximum Gasteiger partial charge on any atom is 0.169 e. The quantitative estimate of drug-likeness (QED) is 0.423. The van der Waals surface area contributed by atoms with Crippen LogP contribution in [0.25, 0.3) is 0 Å². The molecule has 0 saturated heterocycles. The van der Waals surface area contributed by atoms with Crippen LogP contribution in [0.2, 0.25) is 0 Å². The molecule has 0 aliphatic carbocycles. The van der Waals surface area contributed by atoms with Crippen LogP contribution in [-0.4, -0.2) is 39.4 Å². The monoisotopic (exact) mass is 291 g/mol. The van der Waals surface area contributed by atoms with E-state index >= 15 is 0 Å². The fourth-order valence-corrected chi connectivity index (χ4v) is 0.948. The fraction of sp³-hybridized carbons (Fsp3) is 0.500. The first-order valence-electron chi connectivity index (χ1n) is 4.86. The van der Waals surface area contributed by atoms with Crippen LogP contribution in [0.1, 0.15) is 0 Å². The molecule has 16 heavy (non-hydrogen) atoms. The maximum absolute atomic E-state index is 5.02. The summed E-state index contributed by atoms with van der Waals surface area (Å²) in [6, 6.07) is 0. The van der Waals surface area contributed by atoms with Gasteiger partial charge in [-0.25, -0.2) is 0 Å². The van der Waals surface area contributed by atoms with Crippen LogP contribution < -0.4 is 5.32 Å². The number of nitrogens with one attached hydrogen (secondary N) is 1. The van der Waals surface area contributed by atoms with Gasteiger partial charge in [0.25, 0.3) is 0 Å². The number of hydrogen-bond donors (Lipinski definition) is 1. The number of rotatable bonds is 8. The van der Waals surface area contributed by atoms with Crippen molar-refractivity contribution < 1.29 is 9.47 Å². The molecule has 1 N–H and O–H groups in total. The van der Waals surface area contributed by atoms with Gasteiger partial charge in [-0.3, -0.25) is 0 Å². The standard InChI is InChI=1S/C11H19NO2.CH3Br/c1-5-7-10(6-2)8-12-9-11(13-3)14-4;1-2/h5-7,11-12H,1-2,8-9H2,3-4H3;1H3/b10-7+;. The van der Waals surface area contributed by atoms with Crippen molar-refractivity contribution in [3.05, 3.63) is 37.0 Å². The van der Waals surface area contributed by atoms with Gasteiger partial charge in [-0.05, 0) is 11.4 Å². The SMILES string of the molecule is C=C/C=C(\C=C)CNCC(OC)OC.CBr. The molecular weight excluding hydrogens is 270 g/mol. The van der Waals surface area contributed by atoms with Crippen LogP contribution >= 0.6 is 15.9 Å². The molecule has 0 aliphatic rings. The van der Waals surface area contributed by atoms with Gasteiger partial charge in [0.1, 0.15) is 0 Å². The van der Waals surface area contributed by atoms with Crippen molar-refractivity contribution in [2.45, 2.75) is 6.29 Å². The van der Waals surface area contributed by atoms with E-state index in [-0.39, 0.29) is 6.29 Å². The van der Waals surface area contributed by atoms with Crippen molar-refractivity contribution in [2.24, 2.45) is 0 Å². The van der Waals surface area contributed by atoms with Gasteiger partial charge in [0, 0.05) is 27.3 Å². The highest BCUT2D eigenvalue weighted by Gasteiger charge is 2.02. The van der Waals surface area contributed by atoms with Gasteiger partial charge in [0.05, 0.1) is 0 Å². The molecule has 0 radical (unpaired) electrons. The third-order valence-corrected chi connectivity index (χ3v) is 1.76. The lowest BCUT2D eigenvalue weighted by molar-refractivity contribution is -0.0983. The van der Waals surface area contributed by atoms with Crippen LogP contribution in [0.15, 0.2) is 37.0 Å². The first-order valence-corrected chi connectivity index (χ1v) is 6.45. The Labute approximate surface area is 107 Å². The van der Waals surface area contributed by atoms with E-state index in [0.29, 0.717) is 6.54 Å². The van der Waals surface area contributed by atoms with Gasteiger partial charge >= 0.3 is 0 Å². The third kappa shape index (κ3) is 10.1. The van der Waals surface area contributed by atoms with Crippen molar-refractivity contribution in [2.75, 3.05) is 33.1 Å². The van der Waals surface area contributed by atoms with Crippen molar-refractivity contribution in [1.29, 1.82) is 0 Å². The van der Waals surface area contributed by atoms with Crippen LogP contribution in [0, 0.1) is 0 Å². The normalized spacial score (nSPS) is 10.7. The fourth-order valence-electron chi connectivity index (χ4n) is 0.948. The smallest absolute Gasteiger partial charge is 0.169 e. The predicted molar refractivity (Wildman–Crippen MR) is 74.0 cm³/mol. The average molecular weight is 292 g/mol. The molecule has 0 unspecified atom stereocenters. The van der Waals surface area contributed by atoms with Gasteiger partial charge in [-0.15, -0.1) is 0 Å². The van der Waals surface area contributed by atoms with E-state index in [1.165, 1.54) is 0 Å². The number of alkyl halides is 1. The van der Waals surface area contributed by atoms with Gasteiger partial charge in [0.15, 0.2) is 6.29 Å². The summed E-state index contributed by atoms with van der Waals surface area (Å²) in [5.74, 6) is 1.81. The van der Waals surface area contributed by atoms with Crippen molar-refractivity contribution in [3.63, 3.8) is 0 Å². The molecule has 0 heterocycles. The molecule has 0 rings (SSSR count).